The number of allylic oxidation sites excluding steroid dienone is 1. The van der Waals surface area contributed by atoms with Gasteiger partial charge in [-0.1, -0.05) is 24.3 Å². The van der Waals surface area contributed by atoms with Crippen LogP contribution in [0.4, 0.5) is 0 Å². The van der Waals surface area contributed by atoms with Gasteiger partial charge in [0.05, 0.1) is 21.4 Å². The molecule has 0 saturated heterocycles. The van der Waals surface area contributed by atoms with E-state index in [9.17, 15) is 10.1 Å². The molecule has 0 aliphatic rings. The number of rotatable bonds is 4. The summed E-state index contributed by atoms with van der Waals surface area (Å²) >= 11 is 1.46. The van der Waals surface area contributed by atoms with Crippen LogP contribution >= 0.6 is 11.3 Å². The van der Waals surface area contributed by atoms with Gasteiger partial charge in [-0.15, -0.1) is 11.3 Å². The Bertz CT molecular complexity index is 1180. The molecule has 0 aliphatic carbocycles. The van der Waals surface area contributed by atoms with Crippen molar-refractivity contribution in [2.24, 2.45) is 0 Å². The van der Waals surface area contributed by atoms with Gasteiger partial charge in [0.25, 0.3) is 0 Å². The van der Waals surface area contributed by atoms with Crippen LogP contribution in [-0.2, 0) is 0 Å². The first kappa shape index (κ1) is 16.8. The van der Waals surface area contributed by atoms with Gasteiger partial charge in [-0.3, -0.25) is 0 Å². The molecule has 2 aromatic carbocycles. The molecule has 0 bridgehead atoms. The monoisotopic (exact) mass is 372 g/mol. The number of fused-ring (bicyclic) bond motifs is 1. The number of carboxylic acid groups (broad SMARTS) is 1. The summed E-state index contributed by atoms with van der Waals surface area (Å²) in [4.78, 5) is 15.4. The summed E-state index contributed by atoms with van der Waals surface area (Å²) in [7, 11) is 0. The van der Waals surface area contributed by atoms with Crippen molar-refractivity contribution in [3.8, 4) is 17.4 Å². The van der Waals surface area contributed by atoms with Crippen LogP contribution in [0, 0.1) is 11.3 Å². The lowest BCUT2D eigenvalue weighted by atomic mass is 10.1. The summed E-state index contributed by atoms with van der Waals surface area (Å²) in [6.07, 6.45) is 1.66. The van der Waals surface area contributed by atoms with Crippen molar-refractivity contribution in [2.45, 2.75) is 0 Å². The topological polar surface area (TPSA) is 87.1 Å². The van der Waals surface area contributed by atoms with Crippen LogP contribution in [0.3, 0.4) is 0 Å². The Morgan fingerprint density at radius 2 is 1.89 bits per heavy atom. The number of carbonyl (C=O) groups is 1. The number of hydrogen-bond donors (Lipinski definition) is 1. The maximum atomic E-state index is 10.9. The van der Waals surface area contributed by atoms with Gasteiger partial charge in [-0.2, -0.15) is 5.26 Å². The zero-order chi connectivity index (χ0) is 18.8. The lowest BCUT2D eigenvalue weighted by molar-refractivity contribution is 0.0697. The van der Waals surface area contributed by atoms with Crippen molar-refractivity contribution in [1.29, 1.82) is 5.26 Å². The SMILES string of the molecule is N#C/C(=C\c1ccc(-c2ccc(C(=O)O)cc2)o1)c1nc2ccccc2s1. The Labute approximate surface area is 158 Å². The van der Waals surface area contributed by atoms with Crippen LogP contribution in [0.1, 0.15) is 21.1 Å². The molecular formula is C21H12N2O3S. The zero-order valence-electron chi connectivity index (χ0n) is 13.9. The Morgan fingerprint density at radius 3 is 2.59 bits per heavy atom. The van der Waals surface area contributed by atoms with Crippen molar-refractivity contribution in [1.82, 2.24) is 4.98 Å². The van der Waals surface area contributed by atoms with Crippen molar-refractivity contribution in [3.63, 3.8) is 0 Å². The molecule has 0 amide bonds. The highest BCUT2D eigenvalue weighted by Gasteiger charge is 2.11. The van der Waals surface area contributed by atoms with Crippen molar-refractivity contribution < 1.29 is 14.3 Å². The van der Waals surface area contributed by atoms with Gasteiger partial charge in [-0.25, -0.2) is 9.78 Å². The second-order valence-electron chi connectivity index (χ2n) is 5.74. The standard InChI is InChI=1S/C21H12N2O3S/c22-12-15(20-23-17-3-1-2-4-19(17)27-20)11-16-9-10-18(26-16)13-5-7-14(8-6-13)21(24)25/h1-11H,(H,24,25)/b15-11+. The van der Waals surface area contributed by atoms with Gasteiger partial charge in [0.2, 0.25) is 0 Å². The second-order valence-corrected chi connectivity index (χ2v) is 6.77. The lowest BCUT2D eigenvalue weighted by Gasteiger charge is -1.98. The van der Waals surface area contributed by atoms with E-state index in [0.717, 1.165) is 15.8 Å². The number of nitriles is 1. The molecule has 4 aromatic rings. The minimum atomic E-state index is -0.973. The van der Waals surface area contributed by atoms with Crippen LogP contribution in [0.15, 0.2) is 65.1 Å². The minimum Gasteiger partial charge on any atom is -0.478 e. The smallest absolute Gasteiger partial charge is 0.335 e. The first-order valence-electron chi connectivity index (χ1n) is 8.05. The van der Waals surface area contributed by atoms with Gasteiger partial charge in [-0.05, 0) is 36.4 Å². The highest BCUT2D eigenvalue weighted by Crippen LogP contribution is 2.29. The van der Waals surface area contributed by atoms with Crippen molar-refractivity contribution >= 4 is 39.2 Å². The van der Waals surface area contributed by atoms with E-state index in [2.05, 4.69) is 11.1 Å². The zero-order valence-corrected chi connectivity index (χ0v) is 14.7. The number of para-hydroxylation sites is 1. The molecule has 130 valence electrons. The molecule has 27 heavy (non-hydrogen) atoms. The molecule has 4 rings (SSSR count). The molecule has 2 aromatic heterocycles. The molecular weight excluding hydrogens is 360 g/mol. The molecule has 0 atom stereocenters. The van der Waals surface area contributed by atoms with E-state index in [1.54, 1.807) is 30.3 Å². The molecule has 0 radical (unpaired) electrons. The number of furan rings is 1. The number of aromatic nitrogens is 1. The summed E-state index contributed by atoms with van der Waals surface area (Å²) < 4.78 is 6.82. The van der Waals surface area contributed by atoms with Crippen molar-refractivity contribution in [3.05, 3.63) is 77.0 Å². The molecule has 0 aliphatic heterocycles. The normalized spacial score (nSPS) is 11.4. The third kappa shape index (κ3) is 3.36. The Kier molecular flexibility index (Phi) is 4.29. The van der Waals surface area contributed by atoms with E-state index < -0.39 is 5.97 Å². The Morgan fingerprint density at radius 1 is 1.11 bits per heavy atom. The highest BCUT2D eigenvalue weighted by atomic mass is 32.1. The number of carboxylic acids is 1. The average Bonchev–Trinajstić information content (AvgIpc) is 3.33. The first-order valence-corrected chi connectivity index (χ1v) is 8.87. The van der Waals surface area contributed by atoms with E-state index in [4.69, 9.17) is 9.52 Å². The van der Waals surface area contributed by atoms with Crippen LogP contribution in [-0.4, -0.2) is 16.1 Å². The van der Waals surface area contributed by atoms with Gasteiger partial charge < -0.3 is 9.52 Å². The fourth-order valence-electron chi connectivity index (χ4n) is 2.63. The summed E-state index contributed by atoms with van der Waals surface area (Å²) in [5.41, 5.74) is 2.27. The van der Waals surface area contributed by atoms with Gasteiger partial charge in [0.1, 0.15) is 22.6 Å². The van der Waals surface area contributed by atoms with Crippen LogP contribution < -0.4 is 0 Å². The molecule has 5 nitrogen and oxygen atoms in total. The van der Waals surface area contributed by atoms with E-state index >= 15 is 0 Å². The molecule has 0 spiro atoms. The Balaban J connectivity index is 1.65. The molecule has 0 unspecified atom stereocenters. The van der Waals surface area contributed by atoms with Gasteiger partial charge >= 0.3 is 5.97 Å². The van der Waals surface area contributed by atoms with Crippen LogP contribution in [0.5, 0.6) is 0 Å². The largest absolute Gasteiger partial charge is 0.478 e. The number of hydrogen-bond acceptors (Lipinski definition) is 5. The molecule has 2 heterocycles. The summed E-state index contributed by atoms with van der Waals surface area (Å²) in [5.74, 6) is 0.155. The fourth-order valence-corrected chi connectivity index (χ4v) is 3.57. The first-order chi connectivity index (χ1) is 13.1. The molecule has 1 N–H and O–H groups in total. The fraction of sp³-hybridized carbons (Fsp3) is 0. The molecule has 6 heteroatoms. The molecule has 0 saturated carbocycles. The summed E-state index contributed by atoms with van der Waals surface area (Å²) in [6, 6.07) is 19.9. The second kappa shape index (κ2) is 6.90. The maximum absolute atomic E-state index is 10.9. The number of thiazole rings is 1. The quantitative estimate of drug-likeness (QED) is 0.490. The number of aromatic carboxylic acids is 1. The lowest BCUT2D eigenvalue weighted by Crippen LogP contribution is -1.94. The van der Waals surface area contributed by atoms with Crippen molar-refractivity contribution in [2.75, 3.05) is 0 Å². The number of benzene rings is 2. The van der Waals surface area contributed by atoms with E-state index in [1.807, 2.05) is 24.3 Å². The predicted molar refractivity (Wildman–Crippen MR) is 104 cm³/mol. The summed E-state index contributed by atoms with van der Waals surface area (Å²) in [6.45, 7) is 0. The third-order valence-corrected chi connectivity index (χ3v) is 5.04. The maximum Gasteiger partial charge on any atom is 0.335 e. The van der Waals surface area contributed by atoms with Crippen LogP contribution in [0.25, 0.3) is 33.2 Å². The number of nitrogens with zero attached hydrogens (tertiary/aromatic N) is 2. The average molecular weight is 372 g/mol. The van der Waals surface area contributed by atoms with Gasteiger partial charge in [0.15, 0.2) is 0 Å². The summed E-state index contributed by atoms with van der Waals surface area (Å²) in [5, 5.41) is 19.1. The van der Waals surface area contributed by atoms with E-state index in [-0.39, 0.29) is 5.56 Å². The molecule has 0 fully saturated rings. The van der Waals surface area contributed by atoms with E-state index in [1.165, 1.54) is 23.5 Å². The minimum absolute atomic E-state index is 0.216. The highest BCUT2D eigenvalue weighted by molar-refractivity contribution is 7.19. The Hall–Kier alpha value is -3.69. The van der Waals surface area contributed by atoms with E-state index in [0.29, 0.717) is 22.1 Å². The predicted octanol–water partition coefficient (Wildman–Crippen LogP) is 5.32. The van der Waals surface area contributed by atoms with Crippen LogP contribution in [0.2, 0.25) is 0 Å². The van der Waals surface area contributed by atoms with Gasteiger partial charge in [0, 0.05) is 11.6 Å². The third-order valence-electron chi connectivity index (χ3n) is 3.97.